The second-order valence-electron chi connectivity index (χ2n) is 4.79. The number of hydrogen-bond acceptors (Lipinski definition) is 2. The number of rotatable bonds is 2. The molecule has 0 saturated carbocycles. The summed E-state index contributed by atoms with van der Waals surface area (Å²) in [6.07, 6.45) is 2.51. The normalized spacial score (nSPS) is 20.4. The number of benzene rings is 1. The van der Waals surface area contributed by atoms with Crippen molar-refractivity contribution >= 4 is 15.9 Å². The minimum Gasteiger partial charge on any atom is -0.496 e. The third kappa shape index (κ3) is 2.50. The summed E-state index contributed by atoms with van der Waals surface area (Å²) in [4.78, 5) is 0. The van der Waals surface area contributed by atoms with Crippen molar-refractivity contribution in [2.24, 2.45) is 0 Å². The van der Waals surface area contributed by atoms with Crippen molar-refractivity contribution in [3.8, 4) is 5.75 Å². The first-order valence-corrected chi connectivity index (χ1v) is 6.98. The van der Waals surface area contributed by atoms with Crippen molar-refractivity contribution in [1.82, 2.24) is 5.32 Å². The van der Waals surface area contributed by atoms with Gasteiger partial charge in [-0.25, -0.2) is 0 Å². The van der Waals surface area contributed by atoms with E-state index < -0.39 is 0 Å². The average Bonchev–Trinajstić information content (AvgIpc) is 2.34. The van der Waals surface area contributed by atoms with Crippen LogP contribution in [0, 0.1) is 13.8 Å². The fourth-order valence-corrected chi connectivity index (χ4v) is 3.26. The highest BCUT2D eigenvalue weighted by molar-refractivity contribution is 9.10. The standard InChI is InChI=1S/C14H20BrNO/c1-9-7-12(15)10(2)14(17-3)13(9)11-5-4-6-16-8-11/h7,11,16H,4-6,8H2,1-3H3. The molecule has 1 aliphatic heterocycles. The number of piperidine rings is 1. The topological polar surface area (TPSA) is 21.3 Å². The largest absolute Gasteiger partial charge is 0.496 e. The van der Waals surface area contributed by atoms with Crippen molar-refractivity contribution in [3.63, 3.8) is 0 Å². The molecular weight excluding hydrogens is 278 g/mol. The Balaban J connectivity index is 2.47. The van der Waals surface area contributed by atoms with Gasteiger partial charge < -0.3 is 10.1 Å². The molecule has 0 spiro atoms. The summed E-state index contributed by atoms with van der Waals surface area (Å²) in [6.45, 7) is 6.50. The number of hydrogen-bond donors (Lipinski definition) is 1. The Morgan fingerprint density at radius 1 is 1.41 bits per heavy atom. The van der Waals surface area contributed by atoms with E-state index in [1.165, 1.54) is 29.5 Å². The van der Waals surface area contributed by atoms with E-state index in [4.69, 9.17) is 4.74 Å². The van der Waals surface area contributed by atoms with Gasteiger partial charge in [-0.1, -0.05) is 15.9 Å². The highest BCUT2D eigenvalue weighted by atomic mass is 79.9. The van der Waals surface area contributed by atoms with Crippen molar-refractivity contribution in [2.75, 3.05) is 20.2 Å². The molecule has 1 heterocycles. The predicted octanol–water partition coefficient (Wildman–Crippen LogP) is 3.54. The van der Waals surface area contributed by atoms with Crippen molar-refractivity contribution < 1.29 is 4.74 Å². The highest BCUT2D eigenvalue weighted by Gasteiger charge is 2.23. The summed E-state index contributed by atoms with van der Waals surface area (Å²) in [7, 11) is 1.77. The van der Waals surface area contributed by atoms with Gasteiger partial charge in [0.15, 0.2) is 0 Å². The molecule has 3 heteroatoms. The van der Waals surface area contributed by atoms with Gasteiger partial charge in [-0.3, -0.25) is 0 Å². The lowest BCUT2D eigenvalue weighted by Crippen LogP contribution is -2.29. The maximum Gasteiger partial charge on any atom is 0.126 e. The summed E-state index contributed by atoms with van der Waals surface area (Å²) in [5.74, 6) is 1.65. The van der Waals surface area contributed by atoms with E-state index in [-0.39, 0.29) is 0 Å². The van der Waals surface area contributed by atoms with Gasteiger partial charge in [0.2, 0.25) is 0 Å². The Bertz CT molecular complexity index is 411. The fraction of sp³-hybridized carbons (Fsp3) is 0.571. The minimum atomic E-state index is 0.588. The average molecular weight is 298 g/mol. The van der Waals surface area contributed by atoms with Gasteiger partial charge >= 0.3 is 0 Å². The molecule has 1 atom stereocenters. The fourth-order valence-electron chi connectivity index (χ4n) is 2.73. The quantitative estimate of drug-likeness (QED) is 0.901. The van der Waals surface area contributed by atoms with Gasteiger partial charge in [0, 0.05) is 28.1 Å². The molecule has 1 aliphatic rings. The van der Waals surface area contributed by atoms with Crippen LogP contribution < -0.4 is 10.1 Å². The van der Waals surface area contributed by atoms with E-state index >= 15 is 0 Å². The third-order valence-electron chi connectivity index (χ3n) is 3.62. The number of halogens is 1. The van der Waals surface area contributed by atoms with E-state index in [0.29, 0.717) is 5.92 Å². The zero-order valence-corrected chi connectivity index (χ0v) is 12.4. The second-order valence-corrected chi connectivity index (χ2v) is 5.64. The summed E-state index contributed by atoms with van der Waals surface area (Å²) in [6, 6.07) is 2.21. The van der Waals surface area contributed by atoms with Gasteiger partial charge in [0.1, 0.15) is 5.75 Å². The Morgan fingerprint density at radius 2 is 2.18 bits per heavy atom. The third-order valence-corrected chi connectivity index (χ3v) is 4.44. The molecule has 1 aromatic rings. The van der Waals surface area contributed by atoms with Crippen LogP contribution in [0.4, 0.5) is 0 Å². The van der Waals surface area contributed by atoms with E-state index in [1.54, 1.807) is 7.11 Å². The number of ether oxygens (including phenoxy) is 1. The first-order chi connectivity index (χ1) is 8.15. The van der Waals surface area contributed by atoms with Crippen LogP contribution in [-0.2, 0) is 0 Å². The molecule has 17 heavy (non-hydrogen) atoms. The van der Waals surface area contributed by atoms with Crippen molar-refractivity contribution in [2.45, 2.75) is 32.6 Å². The van der Waals surface area contributed by atoms with E-state index in [2.05, 4.69) is 41.2 Å². The Kier molecular flexibility index (Phi) is 4.10. The van der Waals surface area contributed by atoms with Crippen LogP contribution in [0.1, 0.15) is 35.4 Å². The SMILES string of the molecule is COc1c(C)c(Br)cc(C)c1C1CCCNC1. The number of nitrogens with one attached hydrogen (secondary N) is 1. The lowest BCUT2D eigenvalue weighted by atomic mass is 9.87. The minimum absolute atomic E-state index is 0.588. The molecule has 2 rings (SSSR count). The first kappa shape index (κ1) is 12.9. The number of methoxy groups -OCH3 is 1. The predicted molar refractivity (Wildman–Crippen MR) is 75.0 cm³/mol. The first-order valence-electron chi connectivity index (χ1n) is 6.19. The van der Waals surface area contributed by atoms with Crippen LogP contribution in [0.5, 0.6) is 5.75 Å². The zero-order valence-electron chi connectivity index (χ0n) is 10.8. The molecule has 1 N–H and O–H groups in total. The van der Waals surface area contributed by atoms with Gasteiger partial charge in [0.05, 0.1) is 7.11 Å². The Labute approximate surface area is 112 Å². The second kappa shape index (κ2) is 5.40. The Morgan fingerprint density at radius 3 is 2.76 bits per heavy atom. The maximum atomic E-state index is 5.63. The molecule has 1 unspecified atom stereocenters. The Hall–Kier alpha value is -0.540. The lowest BCUT2D eigenvalue weighted by molar-refractivity contribution is 0.388. The molecule has 94 valence electrons. The highest BCUT2D eigenvalue weighted by Crippen LogP contribution is 2.39. The van der Waals surface area contributed by atoms with Crippen LogP contribution in [0.25, 0.3) is 0 Å². The summed E-state index contributed by atoms with van der Waals surface area (Å²) in [5.41, 5.74) is 3.92. The van der Waals surface area contributed by atoms with Gasteiger partial charge in [0.25, 0.3) is 0 Å². The zero-order chi connectivity index (χ0) is 12.4. The molecule has 1 aromatic carbocycles. The van der Waals surface area contributed by atoms with Crippen LogP contribution in [0.15, 0.2) is 10.5 Å². The molecule has 0 bridgehead atoms. The molecular formula is C14H20BrNO. The van der Waals surface area contributed by atoms with Crippen LogP contribution in [0.2, 0.25) is 0 Å². The number of aryl methyl sites for hydroxylation is 1. The molecule has 1 saturated heterocycles. The van der Waals surface area contributed by atoms with E-state index in [0.717, 1.165) is 23.3 Å². The van der Waals surface area contributed by atoms with Gasteiger partial charge in [-0.05, 0) is 44.9 Å². The maximum absolute atomic E-state index is 5.63. The molecule has 0 aromatic heterocycles. The van der Waals surface area contributed by atoms with Crippen LogP contribution in [-0.4, -0.2) is 20.2 Å². The molecule has 0 radical (unpaired) electrons. The van der Waals surface area contributed by atoms with E-state index in [1.807, 2.05) is 0 Å². The smallest absolute Gasteiger partial charge is 0.126 e. The van der Waals surface area contributed by atoms with Gasteiger partial charge in [-0.2, -0.15) is 0 Å². The van der Waals surface area contributed by atoms with Crippen LogP contribution >= 0.6 is 15.9 Å². The molecule has 1 fully saturated rings. The van der Waals surface area contributed by atoms with Gasteiger partial charge in [-0.15, -0.1) is 0 Å². The molecule has 0 aliphatic carbocycles. The monoisotopic (exact) mass is 297 g/mol. The molecule has 0 amide bonds. The summed E-state index contributed by atoms with van der Waals surface area (Å²) < 4.78 is 6.77. The van der Waals surface area contributed by atoms with Crippen LogP contribution in [0.3, 0.4) is 0 Å². The summed E-state index contributed by atoms with van der Waals surface area (Å²) in [5, 5.41) is 3.48. The van der Waals surface area contributed by atoms with E-state index in [9.17, 15) is 0 Å². The summed E-state index contributed by atoms with van der Waals surface area (Å²) >= 11 is 3.60. The molecule has 2 nitrogen and oxygen atoms in total. The van der Waals surface area contributed by atoms with Crippen molar-refractivity contribution in [3.05, 3.63) is 27.2 Å². The van der Waals surface area contributed by atoms with Crippen molar-refractivity contribution in [1.29, 1.82) is 0 Å². The lowest BCUT2D eigenvalue weighted by Gasteiger charge is -2.27.